The standard InChI is InChI=1S/C28H43NOSi/c1-22(2)31(23(3)4,24(5)6)30-18-17-27-19-28(27)29(20-25-13-9-7-10-14-25)21-26-15-11-8-12-16-26/h7-16,22-24,27-28H,17-21H2,1-6H3/t27?,28-/m0/s1. The molecule has 31 heavy (non-hydrogen) atoms. The zero-order valence-electron chi connectivity index (χ0n) is 20.6. The van der Waals surface area contributed by atoms with Gasteiger partial charge in [-0.2, -0.15) is 0 Å². The van der Waals surface area contributed by atoms with Gasteiger partial charge in [0, 0.05) is 25.7 Å². The maximum absolute atomic E-state index is 6.85. The Labute approximate surface area is 192 Å². The second kappa shape index (κ2) is 10.9. The van der Waals surface area contributed by atoms with Crippen LogP contribution in [0.5, 0.6) is 0 Å². The molecule has 2 aromatic carbocycles. The topological polar surface area (TPSA) is 12.5 Å². The third-order valence-corrected chi connectivity index (χ3v) is 13.5. The first-order valence-corrected chi connectivity index (χ1v) is 14.4. The molecule has 1 fully saturated rings. The fourth-order valence-electron chi connectivity index (χ4n) is 5.80. The summed E-state index contributed by atoms with van der Waals surface area (Å²) in [5.41, 5.74) is 4.80. The van der Waals surface area contributed by atoms with E-state index < -0.39 is 8.32 Å². The fraction of sp³-hybridized carbons (Fsp3) is 0.571. The van der Waals surface area contributed by atoms with Crippen LogP contribution < -0.4 is 0 Å². The van der Waals surface area contributed by atoms with E-state index in [0.29, 0.717) is 22.7 Å². The van der Waals surface area contributed by atoms with E-state index in [0.717, 1.165) is 25.6 Å². The highest BCUT2D eigenvalue weighted by Crippen LogP contribution is 2.44. The maximum Gasteiger partial charge on any atom is 0.200 e. The van der Waals surface area contributed by atoms with Crippen LogP contribution in [0.15, 0.2) is 60.7 Å². The quantitative estimate of drug-likeness (QED) is 0.316. The van der Waals surface area contributed by atoms with E-state index in [1.165, 1.54) is 24.0 Å². The summed E-state index contributed by atoms with van der Waals surface area (Å²) >= 11 is 0. The Morgan fingerprint density at radius 1 is 0.774 bits per heavy atom. The van der Waals surface area contributed by atoms with Crippen molar-refractivity contribution >= 4 is 8.32 Å². The summed E-state index contributed by atoms with van der Waals surface area (Å²) in [6, 6.07) is 22.5. The third-order valence-electron chi connectivity index (χ3n) is 7.36. The number of benzene rings is 2. The SMILES string of the molecule is CC(C)[Si](OCCC1C[C@@H]1N(Cc1ccccc1)Cc1ccccc1)(C(C)C)C(C)C. The van der Waals surface area contributed by atoms with Crippen molar-refractivity contribution in [1.29, 1.82) is 0 Å². The minimum absolute atomic E-state index is 0.662. The highest BCUT2D eigenvalue weighted by Gasteiger charge is 2.46. The molecule has 3 rings (SSSR count). The Balaban J connectivity index is 1.61. The van der Waals surface area contributed by atoms with Crippen LogP contribution in [0.3, 0.4) is 0 Å². The Kier molecular flexibility index (Phi) is 8.55. The minimum Gasteiger partial charge on any atom is -0.416 e. The van der Waals surface area contributed by atoms with Crippen LogP contribution in [0, 0.1) is 5.92 Å². The Bertz CT molecular complexity index is 711. The minimum atomic E-state index is -1.75. The molecule has 0 saturated heterocycles. The van der Waals surface area contributed by atoms with Crippen LogP contribution in [0.4, 0.5) is 0 Å². The smallest absolute Gasteiger partial charge is 0.200 e. The van der Waals surface area contributed by atoms with Gasteiger partial charge in [0.15, 0.2) is 8.32 Å². The highest BCUT2D eigenvalue weighted by molar-refractivity contribution is 6.77. The van der Waals surface area contributed by atoms with E-state index in [-0.39, 0.29) is 0 Å². The van der Waals surface area contributed by atoms with Crippen molar-refractivity contribution in [3.8, 4) is 0 Å². The van der Waals surface area contributed by atoms with Crippen molar-refractivity contribution in [1.82, 2.24) is 4.90 Å². The molecule has 0 spiro atoms. The van der Waals surface area contributed by atoms with Crippen molar-refractivity contribution in [2.45, 2.75) is 90.1 Å². The van der Waals surface area contributed by atoms with Gasteiger partial charge in [-0.05, 0) is 46.5 Å². The van der Waals surface area contributed by atoms with Gasteiger partial charge in [-0.1, -0.05) is 102 Å². The lowest BCUT2D eigenvalue weighted by atomic mass is 10.1. The van der Waals surface area contributed by atoms with Gasteiger partial charge in [0.25, 0.3) is 0 Å². The third kappa shape index (κ3) is 6.09. The van der Waals surface area contributed by atoms with Gasteiger partial charge in [-0.15, -0.1) is 0 Å². The highest BCUT2D eigenvalue weighted by atomic mass is 28.4. The molecule has 0 aliphatic heterocycles. The summed E-state index contributed by atoms with van der Waals surface area (Å²) in [4.78, 5) is 2.69. The first-order valence-electron chi connectivity index (χ1n) is 12.3. The lowest BCUT2D eigenvalue weighted by molar-refractivity contribution is 0.217. The summed E-state index contributed by atoms with van der Waals surface area (Å²) in [7, 11) is -1.75. The van der Waals surface area contributed by atoms with Gasteiger partial charge < -0.3 is 4.43 Å². The fourth-order valence-corrected chi connectivity index (χ4v) is 11.3. The van der Waals surface area contributed by atoms with Gasteiger partial charge in [-0.25, -0.2) is 0 Å². The van der Waals surface area contributed by atoms with E-state index in [2.05, 4.69) is 107 Å². The van der Waals surface area contributed by atoms with E-state index in [1.807, 2.05) is 0 Å². The van der Waals surface area contributed by atoms with Crippen molar-refractivity contribution in [2.75, 3.05) is 6.61 Å². The summed E-state index contributed by atoms with van der Waals surface area (Å²) in [5.74, 6) is 0.769. The molecule has 0 bridgehead atoms. The molecule has 170 valence electrons. The van der Waals surface area contributed by atoms with Gasteiger partial charge >= 0.3 is 0 Å². The monoisotopic (exact) mass is 437 g/mol. The molecule has 1 saturated carbocycles. The van der Waals surface area contributed by atoms with Crippen LogP contribution in [0.25, 0.3) is 0 Å². The number of hydrogen-bond acceptors (Lipinski definition) is 2. The van der Waals surface area contributed by atoms with Crippen LogP contribution in [0.1, 0.15) is 65.5 Å². The average molecular weight is 438 g/mol. The predicted octanol–water partition coefficient (Wildman–Crippen LogP) is 7.66. The van der Waals surface area contributed by atoms with E-state index in [1.54, 1.807) is 0 Å². The first kappa shape index (κ1) is 24.2. The predicted molar refractivity (Wildman–Crippen MR) is 136 cm³/mol. The molecular weight excluding hydrogens is 394 g/mol. The van der Waals surface area contributed by atoms with E-state index in [9.17, 15) is 0 Å². The lowest BCUT2D eigenvalue weighted by Gasteiger charge is -2.42. The second-order valence-corrected chi connectivity index (χ2v) is 15.9. The molecule has 0 N–H and O–H groups in total. The molecule has 2 atom stereocenters. The second-order valence-electron chi connectivity index (χ2n) is 10.4. The average Bonchev–Trinajstić information content (AvgIpc) is 3.51. The molecule has 0 heterocycles. The molecule has 0 aromatic heterocycles. The number of nitrogens with zero attached hydrogens (tertiary/aromatic N) is 1. The van der Waals surface area contributed by atoms with Crippen molar-refractivity contribution < 1.29 is 4.43 Å². The molecule has 2 aromatic rings. The molecule has 2 nitrogen and oxygen atoms in total. The Morgan fingerprint density at radius 2 is 1.23 bits per heavy atom. The van der Waals surface area contributed by atoms with E-state index in [4.69, 9.17) is 4.43 Å². The molecular formula is C28H43NOSi. The molecule has 0 amide bonds. The molecule has 0 radical (unpaired) electrons. The Hall–Kier alpha value is -1.42. The molecule has 1 unspecified atom stereocenters. The summed E-state index contributed by atoms with van der Waals surface area (Å²) < 4.78 is 6.85. The summed E-state index contributed by atoms with van der Waals surface area (Å²) in [5, 5.41) is 0. The van der Waals surface area contributed by atoms with Crippen LogP contribution in [-0.2, 0) is 17.5 Å². The van der Waals surface area contributed by atoms with Gasteiger partial charge in [0.05, 0.1) is 0 Å². The summed E-state index contributed by atoms with van der Waals surface area (Å²) in [6.45, 7) is 17.3. The molecule has 1 aliphatic carbocycles. The van der Waals surface area contributed by atoms with Crippen LogP contribution >= 0.6 is 0 Å². The number of rotatable bonds is 12. The Morgan fingerprint density at radius 3 is 1.65 bits per heavy atom. The van der Waals surface area contributed by atoms with Crippen molar-refractivity contribution in [3.05, 3.63) is 71.8 Å². The normalized spacial score (nSPS) is 19.0. The maximum atomic E-state index is 6.85. The van der Waals surface area contributed by atoms with Crippen molar-refractivity contribution in [2.24, 2.45) is 5.92 Å². The van der Waals surface area contributed by atoms with Crippen LogP contribution in [0.2, 0.25) is 16.6 Å². The first-order chi connectivity index (χ1) is 14.8. The largest absolute Gasteiger partial charge is 0.416 e. The summed E-state index contributed by atoms with van der Waals surface area (Å²) in [6.07, 6.45) is 2.51. The van der Waals surface area contributed by atoms with Gasteiger partial charge in [0.1, 0.15) is 0 Å². The zero-order chi connectivity index (χ0) is 22.4. The van der Waals surface area contributed by atoms with Gasteiger partial charge in [-0.3, -0.25) is 4.90 Å². The molecule has 3 heteroatoms. The van der Waals surface area contributed by atoms with Crippen LogP contribution in [-0.4, -0.2) is 25.9 Å². The zero-order valence-corrected chi connectivity index (χ0v) is 21.6. The molecule has 1 aliphatic rings. The number of hydrogen-bond donors (Lipinski definition) is 0. The van der Waals surface area contributed by atoms with Crippen molar-refractivity contribution in [3.63, 3.8) is 0 Å². The lowest BCUT2D eigenvalue weighted by Crippen LogP contribution is -2.48. The van der Waals surface area contributed by atoms with E-state index >= 15 is 0 Å². The van der Waals surface area contributed by atoms with Gasteiger partial charge in [0.2, 0.25) is 0 Å².